The van der Waals surface area contributed by atoms with Crippen molar-refractivity contribution in [3.8, 4) is 5.75 Å². The van der Waals surface area contributed by atoms with Crippen molar-refractivity contribution in [2.45, 2.75) is 20.0 Å². The molecule has 0 saturated heterocycles. The van der Waals surface area contributed by atoms with Crippen molar-refractivity contribution in [2.75, 3.05) is 11.5 Å². The predicted molar refractivity (Wildman–Crippen MR) is 108 cm³/mol. The first kappa shape index (κ1) is 19.6. The number of hydrogen-bond acceptors (Lipinski definition) is 6. The average molecular weight is 396 g/mol. The Bertz CT molecular complexity index is 912. The fourth-order valence-corrected chi connectivity index (χ4v) is 3.34. The van der Waals surface area contributed by atoms with Crippen LogP contribution < -0.4 is 9.64 Å². The van der Waals surface area contributed by atoms with E-state index < -0.39 is 0 Å². The third-order valence-corrected chi connectivity index (χ3v) is 4.63. The summed E-state index contributed by atoms with van der Waals surface area (Å²) in [5.41, 5.74) is 1.34. The summed E-state index contributed by atoms with van der Waals surface area (Å²) in [4.78, 5) is 29.9. The van der Waals surface area contributed by atoms with Gasteiger partial charge in [-0.2, -0.15) is 0 Å². The molecule has 144 valence electrons. The number of esters is 1. The van der Waals surface area contributed by atoms with Crippen LogP contribution >= 0.6 is 11.3 Å². The molecule has 3 rings (SSSR count). The second-order valence-electron chi connectivity index (χ2n) is 5.88. The maximum atomic E-state index is 12.0. The Morgan fingerprint density at radius 2 is 1.71 bits per heavy atom. The quantitative estimate of drug-likeness (QED) is 0.530. The molecule has 0 aliphatic heterocycles. The number of benzene rings is 2. The van der Waals surface area contributed by atoms with Crippen LogP contribution in [0.2, 0.25) is 0 Å². The SMILES string of the molecule is CC(=O)N(c1ccccc1)c1nc(COC(=O)CCOc2ccccc2)cs1. The molecule has 0 aliphatic rings. The Morgan fingerprint density at radius 3 is 2.39 bits per heavy atom. The highest BCUT2D eigenvalue weighted by Gasteiger charge is 2.18. The molecule has 1 amide bonds. The summed E-state index contributed by atoms with van der Waals surface area (Å²) < 4.78 is 10.7. The monoisotopic (exact) mass is 396 g/mol. The summed E-state index contributed by atoms with van der Waals surface area (Å²) in [5.74, 6) is 0.212. The molecular weight excluding hydrogens is 376 g/mol. The molecule has 0 atom stereocenters. The zero-order valence-electron chi connectivity index (χ0n) is 15.4. The number of ether oxygens (including phenoxy) is 2. The molecule has 0 bridgehead atoms. The van der Waals surface area contributed by atoms with Crippen LogP contribution in [-0.2, 0) is 20.9 Å². The smallest absolute Gasteiger partial charge is 0.309 e. The molecule has 0 saturated carbocycles. The lowest BCUT2D eigenvalue weighted by Crippen LogP contribution is -2.22. The van der Waals surface area contributed by atoms with Gasteiger partial charge in [0.1, 0.15) is 12.4 Å². The average Bonchev–Trinajstić information content (AvgIpc) is 3.16. The van der Waals surface area contributed by atoms with Crippen LogP contribution in [0.5, 0.6) is 5.75 Å². The minimum atomic E-state index is -0.364. The molecule has 0 spiro atoms. The maximum Gasteiger partial charge on any atom is 0.309 e. The second-order valence-corrected chi connectivity index (χ2v) is 6.72. The number of amides is 1. The molecule has 0 aliphatic carbocycles. The van der Waals surface area contributed by atoms with Gasteiger partial charge in [0, 0.05) is 12.3 Å². The number of para-hydroxylation sites is 2. The van der Waals surface area contributed by atoms with Crippen molar-refractivity contribution in [1.82, 2.24) is 4.98 Å². The van der Waals surface area contributed by atoms with E-state index >= 15 is 0 Å². The summed E-state index contributed by atoms with van der Waals surface area (Å²) in [5, 5.41) is 2.32. The molecule has 0 N–H and O–H groups in total. The number of nitrogens with zero attached hydrogens (tertiary/aromatic N) is 2. The van der Waals surface area contributed by atoms with Crippen LogP contribution in [0.1, 0.15) is 19.0 Å². The Balaban J connectivity index is 1.51. The highest BCUT2D eigenvalue weighted by molar-refractivity contribution is 7.14. The molecule has 6 nitrogen and oxygen atoms in total. The molecule has 0 fully saturated rings. The first-order valence-corrected chi connectivity index (χ1v) is 9.65. The topological polar surface area (TPSA) is 68.7 Å². The van der Waals surface area contributed by atoms with Gasteiger partial charge in [-0.1, -0.05) is 36.4 Å². The summed E-state index contributed by atoms with van der Waals surface area (Å²) in [6.07, 6.45) is 0.148. The number of rotatable bonds is 8. The van der Waals surface area contributed by atoms with E-state index in [2.05, 4.69) is 4.98 Å². The van der Waals surface area contributed by atoms with Gasteiger partial charge in [0.2, 0.25) is 5.91 Å². The molecule has 3 aromatic rings. The fourth-order valence-electron chi connectivity index (χ4n) is 2.46. The van der Waals surface area contributed by atoms with Gasteiger partial charge in [0.15, 0.2) is 5.13 Å². The Kier molecular flexibility index (Phi) is 6.75. The third-order valence-electron chi connectivity index (χ3n) is 3.76. The highest BCUT2D eigenvalue weighted by atomic mass is 32.1. The van der Waals surface area contributed by atoms with Crippen molar-refractivity contribution >= 4 is 34.0 Å². The minimum Gasteiger partial charge on any atom is -0.493 e. The van der Waals surface area contributed by atoms with Crippen molar-refractivity contribution in [3.63, 3.8) is 0 Å². The fraction of sp³-hybridized carbons (Fsp3) is 0.190. The molecule has 1 aromatic heterocycles. The van der Waals surface area contributed by atoms with E-state index in [4.69, 9.17) is 9.47 Å². The van der Waals surface area contributed by atoms with Gasteiger partial charge < -0.3 is 9.47 Å². The summed E-state index contributed by atoms with van der Waals surface area (Å²) in [6, 6.07) is 18.6. The van der Waals surface area contributed by atoms with Crippen LogP contribution in [0.4, 0.5) is 10.8 Å². The number of carbonyl (C=O) groups excluding carboxylic acids is 2. The van der Waals surface area contributed by atoms with Crippen LogP contribution in [0.3, 0.4) is 0 Å². The van der Waals surface area contributed by atoms with E-state index in [1.54, 1.807) is 5.38 Å². The van der Waals surface area contributed by atoms with E-state index in [0.717, 1.165) is 5.69 Å². The maximum absolute atomic E-state index is 12.0. The van der Waals surface area contributed by atoms with Gasteiger partial charge in [0.05, 0.1) is 24.4 Å². The largest absolute Gasteiger partial charge is 0.493 e. The minimum absolute atomic E-state index is 0.0568. The number of aromatic nitrogens is 1. The summed E-state index contributed by atoms with van der Waals surface area (Å²) >= 11 is 1.33. The molecule has 0 unspecified atom stereocenters. The Hall–Kier alpha value is -3.19. The lowest BCUT2D eigenvalue weighted by molar-refractivity contribution is -0.145. The zero-order valence-corrected chi connectivity index (χ0v) is 16.2. The lowest BCUT2D eigenvalue weighted by atomic mass is 10.3. The number of carbonyl (C=O) groups is 2. The number of hydrogen-bond donors (Lipinski definition) is 0. The molecular formula is C21H20N2O4S. The van der Waals surface area contributed by atoms with Gasteiger partial charge >= 0.3 is 5.97 Å². The van der Waals surface area contributed by atoms with Crippen molar-refractivity contribution in [1.29, 1.82) is 0 Å². The molecule has 28 heavy (non-hydrogen) atoms. The van der Waals surface area contributed by atoms with Gasteiger partial charge in [-0.05, 0) is 24.3 Å². The molecule has 2 aromatic carbocycles. The van der Waals surface area contributed by atoms with Crippen LogP contribution in [0, 0.1) is 0 Å². The molecule has 0 radical (unpaired) electrons. The predicted octanol–water partition coefficient (Wildman–Crippen LogP) is 4.34. The van der Waals surface area contributed by atoms with Crippen LogP contribution in [0.25, 0.3) is 0 Å². The summed E-state index contributed by atoms with van der Waals surface area (Å²) in [7, 11) is 0. The molecule has 1 heterocycles. The molecule has 7 heteroatoms. The van der Waals surface area contributed by atoms with Gasteiger partial charge in [0.25, 0.3) is 0 Å². The Labute approximate surface area is 167 Å². The van der Waals surface area contributed by atoms with E-state index in [1.807, 2.05) is 60.7 Å². The van der Waals surface area contributed by atoms with Crippen LogP contribution in [0.15, 0.2) is 66.0 Å². The first-order valence-electron chi connectivity index (χ1n) is 8.77. The van der Waals surface area contributed by atoms with Gasteiger partial charge in [-0.25, -0.2) is 4.98 Å². The third kappa shape index (κ3) is 5.40. The lowest BCUT2D eigenvalue weighted by Gasteiger charge is -2.17. The number of anilines is 2. The van der Waals surface area contributed by atoms with Gasteiger partial charge in [-0.3, -0.25) is 14.5 Å². The van der Waals surface area contributed by atoms with Crippen molar-refractivity contribution in [3.05, 3.63) is 71.7 Å². The van der Waals surface area contributed by atoms with Gasteiger partial charge in [-0.15, -0.1) is 11.3 Å². The van der Waals surface area contributed by atoms with Crippen LogP contribution in [-0.4, -0.2) is 23.5 Å². The van der Waals surface area contributed by atoms with E-state index in [9.17, 15) is 9.59 Å². The van der Waals surface area contributed by atoms with E-state index in [0.29, 0.717) is 16.6 Å². The second kappa shape index (κ2) is 9.66. The van der Waals surface area contributed by atoms with Crippen molar-refractivity contribution < 1.29 is 19.1 Å². The first-order chi connectivity index (χ1) is 13.6. The summed E-state index contributed by atoms with van der Waals surface area (Å²) in [6.45, 7) is 1.79. The number of thiazole rings is 1. The Morgan fingerprint density at radius 1 is 1.04 bits per heavy atom. The highest BCUT2D eigenvalue weighted by Crippen LogP contribution is 2.28. The van der Waals surface area contributed by atoms with Crippen molar-refractivity contribution in [2.24, 2.45) is 0 Å². The standard InChI is InChI=1S/C21H20N2O4S/c1-16(24)23(18-8-4-2-5-9-18)21-22-17(15-28-21)14-27-20(25)12-13-26-19-10-6-3-7-11-19/h2-11,15H,12-14H2,1H3. The normalized spacial score (nSPS) is 10.3. The zero-order chi connectivity index (χ0) is 19.8. The van der Waals surface area contributed by atoms with E-state index in [1.165, 1.54) is 23.2 Å². The van der Waals surface area contributed by atoms with E-state index in [-0.39, 0.29) is 31.5 Å².